The number of halogens is 1. The Labute approximate surface area is 125 Å². The van der Waals surface area contributed by atoms with E-state index in [1.54, 1.807) is 12.1 Å². The van der Waals surface area contributed by atoms with Crippen LogP contribution in [0, 0.1) is 5.82 Å². The van der Waals surface area contributed by atoms with E-state index in [1.807, 2.05) is 0 Å². The number of anilines is 1. The van der Waals surface area contributed by atoms with Gasteiger partial charge in [0.1, 0.15) is 5.82 Å². The summed E-state index contributed by atoms with van der Waals surface area (Å²) in [6.07, 6.45) is 7.30. The van der Waals surface area contributed by atoms with Crippen LogP contribution in [0.1, 0.15) is 38.5 Å². The first kappa shape index (κ1) is 15.8. The van der Waals surface area contributed by atoms with Crippen LogP contribution in [0.25, 0.3) is 0 Å². The number of urea groups is 1. The molecule has 2 N–H and O–H groups in total. The lowest BCUT2D eigenvalue weighted by Crippen LogP contribution is -2.30. The van der Waals surface area contributed by atoms with Gasteiger partial charge in [-0.05, 0) is 31.4 Å². The van der Waals surface area contributed by atoms with Crippen LogP contribution in [0.5, 0.6) is 0 Å². The number of carbonyl (C=O) groups is 1. The first-order chi connectivity index (χ1) is 10.3. The predicted molar refractivity (Wildman–Crippen MR) is 80.9 cm³/mol. The summed E-state index contributed by atoms with van der Waals surface area (Å²) in [6.45, 7) is 1.18. The van der Waals surface area contributed by atoms with Gasteiger partial charge in [0, 0.05) is 13.2 Å². The van der Waals surface area contributed by atoms with Gasteiger partial charge < -0.3 is 15.4 Å². The van der Waals surface area contributed by atoms with E-state index in [1.165, 1.54) is 31.4 Å². The highest BCUT2D eigenvalue weighted by molar-refractivity contribution is 5.89. The molecular formula is C16H23FN2O2. The Morgan fingerprint density at radius 3 is 2.76 bits per heavy atom. The normalized spacial score (nSPS) is 15.7. The molecule has 21 heavy (non-hydrogen) atoms. The van der Waals surface area contributed by atoms with Crippen LogP contribution in [0.15, 0.2) is 24.3 Å². The maximum atomic E-state index is 13.3. The summed E-state index contributed by atoms with van der Waals surface area (Å²) in [4.78, 5) is 11.6. The van der Waals surface area contributed by atoms with Gasteiger partial charge in [-0.25, -0.2) is 9.18 Å². The van der Waals surface area contributed by atoms with Crippen molar-refractivity contribution in [3.05, 3.63) is 30.1 Å². The van der Waals surface area contributed by atoms with Crippen LogP contribution in [-0.2, 0) is 4.74 Å². The van der Waals surface area contributed by atoms with E-state index in [4.69, 9.17) is 4.74 Å². The predicted octanol–water partition coefficient (Wildman–Crippen LogP) is 3.69. The van der Waals surface area contributed by atoms with Gasteiger partial charge in [-0.15, -0.1) is 0 Å². The molecule has 0 bridgehead atoms. The number of amides is 2. The molecule has 116 valence electrons. The lowest BCUT2D eigenvalue weighted by molar-refractivity contribution is 0.0276. The Morgan fingerprint density at radius 2 is 2.00 bits per heavy atom. The summed E-state index contributed by atoms with van der Waals surface area (Å²) in [6, 6.07) is 5.71. The molecule has 0 saturated heterocycles. The number of ether oxygens (including phenoxy) is 1. The monoisotopic (exact) mass is 294 g/mol. The molecule has 1 fully saturated rings. The molecule has 2 rings (SSSR count). The number of hydrogen-bond donors (Lipinski definition) is 2. The van der Waals surface area contributed by atoms with Crippen molar-refractivity contribution in [2.75, 3.05) is 18.5 Å². The zero-order valence-electron chi connectivity index (χ0n) is 12.2. The van der Waals surface area contributed by atoms with E-state index in [0.29, 0.717) is 19.3 Å². The summed E-state index contributed by atoms with van der Waals surface area (Å²) in [5, 5.41) is 5.18. The minimum absolute atomic E-state index is 0.188. The van der Waals surface area contributed by atoms with Crippen molar-refractivity contribution < 1.29 is 13.9 Å². The molecule has 0 radical (unpaired) electrons. The van der Waals surface area contributed by atoms with E-state index in [-0.39, 0.29) is 5.69 Å². The average molecular weight is 294 g/mol. The molecule has 0 unspecified atom stereocenters. The van der Waals surface area contributed by atoms with E-state index in [9.17, 15) is 9.18 Å². The molecule has 4 nitrogen and oxygen atoms in total. The third-order valence-corrected chi connectivity index (χ3v) is 3.63. The summed E-state index contributed by atoms with van der Waals surface area (Å²) in [7, 11) is 0. The molecule has 0 heterocycles. The molecule has 1 aliphatic carbocycles. The zero-order chi connectivity index (χ0) is 14.9. The van der Waals surface area contributed by atoms with E-state index >= 15 is 0 Å². The minimum Gasteiger partial charge on any atom is -0.378 e. The summed E-state index contributed by atoms with van der Waals surface area (Å²) >= 11 is 0. The molecule has 2 amide bonds. The van der Waals surface area contributed by atoms with E-state index < -0.39 is 11.8 Å². The molecule has 5 heteroatoms. The van der Waals surface area contributed by atoms with Gasteiger partial charge in [0.15, 0.2) is 0 Å². The minimum atomic E-state index is -0.437. The largest absolute Gasteiger partial charge is 0.378 e. The number of nitrogens with one attached hydrogen (secondary N) is 2. The SMILES string of the molecule is O=C(NCCCOC1CCCCC1)Nc1ccccc1F. The van der Waals surface area contributed by atoms with Crippen LogP contribution >= 0.6 is 0 Å². The van der Waals surface area contributed by atoms with Crippen molar-refractivity contribution in [2.24, 2.45) is 0 Å². The Morgan fingerprint density at radius 1 is 1.24 bits per heavy atom. The second-order valence-corrected chi connectivity index (χ2v) is 5.35. The maximum Gasteiger partial charge on any atom is 0.319 e. The van der Waals surface area contributed by atoms with Crippen molar-refractivity contribution in [1.29, 1.82) is 0 Å². The zero-order valence-corrected chi connectivity index (χ0v) is 12.2. The van der Waals surface area contributed by atoms with Crippen molar-refractivity contribution in [2.45, 2.75) is 44.6 Å². The number of carbonyl (C=O) groups excluding carboxylic acids is 1. The average Bonchev–Trinajstić information content (AvgIpc) is 2.50. The first-order valence-corrected chi connectivity index (χ1v) is 7.66. The Bertz CT molecular complexity index is 448. The maximum absolute atomic E-state index is 13.3. The molecule has 1 saturated carbocycles. The van der Waals surface area contributed by atoms with Gasteiger partial charge in [0.05, 0.1) is 11.8 Å². The number of hydrogen-bond acceptors (Lipinski definition) is 2. The Balaban J connectivity index is 1.56. The Hall–Kier alpha value is -1.62. The van der Waals surface area contributed by atoms with Crippen LogP contribution in [0.2, 0.25) is 0 Å². The van der Waals surface area contributed by atoms with Crippen molar-refractivity contribution in [3.63, 3.8) is 0 Å². The number of rotatable bonds is 6. The van der Waals surface area contributed by atoms with Gasteiger partial charge in [-0.2, -0.15) is 0 Å². The van der Waals surface area contributed by atoms with Crippen molar-refractivity contribution in [1.82, 2.24) is 5.32 Å². The molecule has 1 aromatic rings. The lowest BCUT2D eigenvalue weighted by atomic mass is 9.98. The quantitative estimate of drug-likeness (QED) is 0.786. The van der Waals surface area contributed by atoms with Crippen LogP contribution < -0.4 is 10.6 Å². The molecule has 0 aromatic heterocycles. The molecular weight excluding hydrogens is 271 g/mol. The first-order valence-electron chi connectivity index (χ1n) is 7.66. The molecule has 1 aromatic carbocycles. The van der Waals surface area contributed by atoms with Gasteiger partial charge in [-0.3, -0.25) is 0 Å². The number of benzene rings is 1. The fourth-order valence-electron chi connectivity index (χ4n) is 2.48. The highest BCUT2D eigenvalue weighted by Gasteiger charge is 2.13. The third-order valence-electron chi connectivity index (χ3n) is 3.63. The number of para-hydroxylation sites is 1. The standard InChI is InChI=1S/C16H23FN2O2/c17-14-9-4-5-10-15(14)19-16(20)18-11-6-12-21-13-7-2-1-3-8-13/h4-5,9-10,13H,1-3,6-8,11-12H2,(H2,18,19,20). The highest BCUT2D eigenvalue weighted by Crippen LogP contribution is 2.20. The van der Waals surface area contributed by atoms with Gasteiger partial charge in [0.2, 0.25) is 0 Å². The van der Waals surface area contributed by atoms with Gasteiger partial charge >= 0.3 is 6.03 Å². The summed E-state index contributed by atoms with van der Waals surface area (Å²) in [5.74, 6) is -0.437. The summed E-state index contributed by atoms with van der Waals surface area (Å²) < 4.78 is 19.1. The van der Waals surface area contributed by atoms with Crippen LogP contribution in [0.3, 0.4) is 0 Å². The lowest BCUT2D eigenvalue weighted by Gasteiger charge is -2.21. The topological polar surface area (TPSA) is 50.4 Å². The molecule has 0 spiro atoms. The fraction of sp³-hybridized carbons (Fsp3) is 0.562. The smallest absolute Gasteiger partial charge is 0.319 e. The van der Waals surface area contributed by atoms with E-state index in [0.717, 1.165) is 19.3 Å². The fourth-order valence-corrected chi connectivity index (χ4v) is 2.48. The molecule has 0 aliphatic heterocycles. The van der Waals surface area contributed by atoms with Crippen molar-refractivity contribution in [3.8, 4) is 0 Å². The van der Waals surface area contributed by atoms with Crippen molar-refractivity contribution >= 4 is 11.7 Å². The third kappa shape index (κ3) is 5.71. The van der Waals surface area contributed by atoms with Gasteiger partial charge in [-0.1, -0.05) is 31.4 Å². The second kappa shape index (κ2) is 8.62. The highest BCUT2D eigenvalue weighted by atomic mass is 19.1. The summed E-state index contributed by atoms with van der Waals surface area (Å²) in [5.41, 5.74) is 0.188. The molecule has 1 aliphatic rings. The van der Waals surface area contributed by atoms with Crippen LogP contribution in [-0.4, -0.2) is 25.3 Å². The van der Waals surface area contributed by atoms with Crippen LogP contribution in [0.4, 0.5) is 14.9 Å². The van der Waals surface area contributed by atoms with Gasteiger partial charge in [0.25, 0.3) is 0 Å². The second-order valence-electron chi connectivity index (χ2n) is 5.35. The van der Waals surface area contributed by atoms with E-state index in [2.05, 4.69) is 10.6 Å². The Kier molecular flexibility index (Phi) is 6.47. The molecule has 0 atom stereocenters.